The van der Waals surface area contributed by atoms with Crippen molar-refractivity contribution >= 4 is 17.0 Å². The minimum Gasteiger partial charge on any atom is -0.550 e. The Kier molecular flexibility index (Phi) is 6.90. The van der Waals surface area contributed by atoms with Gasteiger partial charge in [0.25, 0.3) is 0 Å². The molecule has 196 valence electrons. The van der Waals surface area contributed by atoms with E-state index in [1.807, 2.05) is 41.8 Å². The maximum Gasteiger partial charge on any atom is 1.00 e. The summed E-state index contributed by atoms with van der Waals surface area (Å²) in [7, 11) is 0. The number of carbonyl (C=O) groups excluding carboxylic acids is 1. The summed E-state index contributed by atoms with van der Waals surface area (Å²) in [5, 5.41) is 15.2. The van der Waals surface area contributed by atoms with Gasteiger partial charge in [-0.3, -0.25) is 4.57 Å². The van der Waals surface area contributed by atoms with Gasteiger partial charge in [-0.05, 0) is 49.6 Å². The molecular formula is C30H23FN3NaO5. The first-order valence-electron chi connectivity index (χ1n) is 12.8. The molecule has 0 radical (unpaired) electrons. The van der Waals surface area contributed by atoms with Crippen molar-refractivity contribution in [2.45, 2.75) is 31.6 Å². The van der Waals surface area contributed by atoms with E-state index in [0.29, 0.717) is 47.9 Å². The first-order valence-corrected chi connectivity index (χ1v) is 12.8. The second-order valence-corrected chi connectivity index (χ2v) is 10.1. The van der Waals surface area contributed by atoms with Gasteiger partial charge >= 0.3 is 29.6 Å². The fourth-order valence-corrected chi connectivity index (χ4v) is 5.68. The van der Waals surface area contributed by atoms with Crippen molar-refractivity contribution in [2.24, 2.45) is 0 Å². The first kappa shape index (κ1) is 26.6. The Morgan fingerprint density at radius 3 is 2.70 bits per heavy atom. The summed E-state index contributed by atoms with van der Waals surface area (Å²) < 4.78 is 33.6. The molecule has 40 heavy (non-hydrogen) atoms. The molecule has 10 heteroatoms. The maximum atomic E-state index is 14.4. The van der Waals surface area contributed by atoms with Gasteiger partial charge in [0.2, 0.25) is 0 Å². The molecule has 8 nitrogen and oxygen atoms in total. The van der Waals surface area contributed by atoms with E-state index < -0.39 is 5.97 Å². The smallest absolute Gasteiger partial charge is 0.550 e. The number of benzene rings is 3. The minimum absolute atomic E-state index is 0. The van der Waals surface area contributed by atoms with Crippen LogP contribution in [-0.2, 0) is 11.2 Å². The van der Waals surface area contributed by atoms with Gasteiger partial charge in [0.05, 0.1) is 29.9 Å². The van der Waals surface area contributed by atoms with Crippen LogP contribution in [0.4, 0.5) is 4.39 Å². The van der Waals surface area contributed by atoms with Gasteiger partial charge < -0.3 is 23.9 Å². The summed E-state index contributed by atoms with van der Waals surface area (Å²) >= 11 is 0. The average molecular weight is 548 g/mol. The summed E-state index contributed by atoms with van der Waals surface area (Å²) in [5.74, 6) is 1.09. The van der Waals surface area contributed by atoms with E-state index in [-0.39, 0.29) is 53.6 Å². The quantitative estimate of drug-likeness (QED) is 0.297. The SMILES string of the molecule is Cc1cc(-c2nc3ccc(F)cc3n2-c2cccc3c2OC[C@H]3Cc2ccc3c(c2)OC[C@H]3CC(=O)[O-])no1.[Na+]. The van der Waals surface area contributed by atoms with Crippen molar-refractivity contribution < 1.29 is 57.8 Å². The zero-order valence-corrected chi connectivity index (χ0v) is 24.0. The van der Waals surface area contributed by atoms with Crippen LogP contribution >= 0.6 is 0 Å². The molecule has 4 heterocycles. The molecule has 0 saturated heterocycles. The van der Waals surface area contributed by atoms with E-state index >= 15 is 0 Å². The molecule has 2 atom stereocenters. The van der Waals surface area contributed by atoms with Crippen LogP contribution in [0.1, 0.15) is 40.7 Å². The average Bonchev–Trinajstić information content (AvgIpc) is 3.69. The third kappa shape index (κ3) is 4.58. The van der Waals surface area contributed by atoms with Crippen LogP contribution in [0, 0.1) is 12.7 Å². The van der Waals surface area contributed by atoms with Crippen LogP contribution < -0.4 is 44.1 Å². The van der Waals surface area contributed by atoms with Crippen LogP contribution in [0.5, 0.6) is 11.5 Å². The topological polar surface area (TPSA) is 102 Å². The predicted octanol–water partition coefficient (Wildman–Crippen LogP) is 1.47. The number of imidazole rings is 1. The molecule has 2 aliphatic rings. The number of ether oxygens (including phenoxy) is 2. The number of para-hydroxylation sites is 1. The Bertz CT molecular complexity index is 1760. The second-order valence-electron chi connectivity index (χ2n) is 10.1. The van der Waals surface area contributed by atoms with Crippen molar-refractivity contribution in [3.63, 3.8) is 0 Å². The van der Waals surface area contributed by atoms with Gasteiger partial charge in [-0.25, -0.2) is 9.37 Å². The fourth-order valence-electron chi connectivity index (χ4n) is 5.68. The van der Waals surface area contributed by atoms with Gasteiger partial charge in [0.1, 0.15) is 28.8 Å². The van der Waals surface area contributed by atoms with Crippen molar-refractivity contribution in [3.8, 4) is 28.7 Å². The van der Waals surface area contributed by atoms with Crippen LogP contribution in [0.3, 0.4) is 0 Å². The van der Waals surface area contributed by atoms with E-state index in [1.165, 1.54) is 12.1 Å². The summed E-state index contributed by atoms with van der Waals surface area (Å²) in [6.45, 7) is 2.64. The number of aryl methyl sites for hydroxylation is 1. The van der Waals surface area contributed by atoms with E-state index in [2.05, 4.69) is 11.2 Å². The van der Waals surface area contributed by atoms with Crippen molar-refractivity contribution in [3.05, 3.63) is 88.9 Å². The third-order valence-corrected chi connectivity index (χ3v) is 7.46. The minimum atomic E-state index is -1.08. The molecule has 0 fully saturated rings. The predicted molar refractivity (Wildman–Crippen MR) is 138 cm³/mol. The van der Waals surface area contributed by atoms with E-state index in [0.717, 1.165) is 33.9 Å². The molecule has 0 saturated carbocycles. The van der Waals surface area contributed by atoms with Crippen LogP contribution in [-0.4, -0.2) is 33.9 Å². The van der Waals surface area contributed by atoms with Crippen LogP contribution in [0.2, 0.25) is 0 Å². The zero-order valence-electron chi connectivity index (χ0n) is 22.0. The number of rotatable bonds is 6. The molecule has 2 aliphatic heterocycles. The molecule has 5 aromatic rings. The molecule has 0 unspecified atom stereocenters. The van der Waals surface area contributed by atoms with Crippen LogP contribution in [0.25, 0.3) is 28.2 Å². The molecule has 3 aromatic carbocycles. The number of fused-ring (bicyclic) bond motifs is 3. The molecule has 2 aromatic heterocycles. The van der Waals surface area contributed by atoms with Gasteiger partial charge in [-0.15, -0.1) is 0 Å². The van der Waals surface area contributed by atoms with E-state index in [9.17, 15) is 14.3 Å². The fraction of sp³-hybridized carbons (Fsp3) is 0.233. The Morgan fingerprint density at radius 1 is 1.05 bits per heavy atom. The summed E-state index contributed by atoms with van der Waals surface area (Å²) in [5.41, 5.74) is 5.56. The van der Waals surface area contributed by atoms with Crippen molar-refractivity contribution in [1.29, 1.82) is 0 Å². The van der Waals surface area contributed by atoms with Gasteiger partial charge in [-0.1, -0.05) is 29.4 Å². The van der Waals surface area contributed by atoms with E-state index in [1.54, 1.807) is 12.1 Å². The number of halogens is 1. The number of aliphatic carboxylic acids is 1. The Hall–Kier alpha value is -3.66. The molecule has 7 rings (SSSR count). The molecule has 0 N–H and O–H groups in total. The third-order valence-electron chi connectivity index (χ3n) is 7.46. The Balaban J connectivity index is 0.00000289. The van der Waals surface area contributed by atoms with Crippen LogP contribution in [0.15, 0.2) is 65.2 Å². The largest absolute Gasteiger partial charge is 1.00 e. The normalized spacial score (nSPS) is 17.1. The van der Waals surface area contributed by atoms with Crippen molar-refractivity contribution in [2.75, 3.05) is 13.2 Å². The van der Waals surface area contributed by atoms with Gasteiger partial charge in [0, 0.05) is 41.1 Å². The summed E-state index contributed by atoms with van der Waals surface area (Å²) in [6.07, 6.45) is 0.661. The second kappa shape index (κ2) is 10.4. The molecular weight excluding hydrogens is 524 g/mol. The number of carboxylic acids is 1. The standard InChI is InChI=1S/C30H24FN3O5.Na/c1-16-9-24(33-39-16)30-32-23-8-6-20(31)13-26(23)34(30)25-4-2-3-22-18(15-38-29(22)25)10-17-5-7-21-19(12-28(35)36)14-37-27(21)11-17;/h2-9,11,13,18-19H,10,12,14-15H2,1H3,(H,35,36);/q;+1/p-1/t18-,19-;/m1./s1. The molecule has 0 spiro atoms. The Labute approximate surface area is 251 Å². The molecule has 0 bridgehead atoms. The first-order chi connectivity index (χ1) is 18.9. The monoisotopic (exact) mass is 547 g/mol. The van der Waals surface area contributed by atoms with Gasteiger partial charge in [0.15, 0.2) is 5.82 Å². The van der Waals surface area contributed by atoms with E-state index in [4.69, 9.17) is 19.0 Å². The number of nitrogens with zero attached hydrogens (tertiary/aromatic N) is 3. The summed E-state index contributed by atoms with van der Waals surface area (Å²) in [4.78, 5) is 15.8. The van der Waals surface area contributed by atoms with Gasteiger partial charge in [-0.2, -0.15) is 0 Å². The van der Waals surface area contributed by atoms with Crippen molar-refractivity contribution in [1.82, 2.24) is 14.7 Å². The summed E-state index contributed by atoms with van der Waals surface area (Å²) in [6, 6.07) is 18.2. The molecule has 0 amide bonds. The number of carboxylic acid groups (broad SMARTS) is 1. The maximum absolute atomic E-state index is 14.4. The number of aromatic nitrogens is 3. The number of hydrogen-bond acceptors (Lipinski definition) is 7. The zero-order chi connectivity index (χ0) is 26.7. The molecule has 0 aliphatic carbocycles. The Morgan fingerprint density at radius 2 is 1.90 bits per heavy atom. The number of carbonyl (C=O) groups is 1. The number of hydrogen-bond donors (Lipinski definition) is 0.